The molecule has 24 heavy (non-hydrogen) atoms. The molecule has 0 bridgehead atoms. The molecule has 1 heterocycles. The SMILES string of the molecule is Cc1ccc(C)c(S(=O)(=O)N2CC(C)CC(C(=O)O)C2)c1[N+](=O)[O-]. The zero-order valence-electron chi connectivity index (χ0n) is 13.7. The predicted molar refractivity (Wildman–Crippen MR) is 86.2 cm³/mol. The van der Waals surface area contributed by atoms with Crippen molar-refractivity contribution < 1.29 is 23.2 Å². The summed E-state index contributed by atoms with van der Waals surface area (Å²) in [4.78, 5) is 21.6. The maximum Gasteiger partial charge on any atom is 0.307 e. The zero-order valence-corrected chi connectivity index (χ0v) is 14.5. The summed E-state index contributed by atoms with van der Waals surface area (Å²) in [5, 5.41) is 20.6. The van der Waals surface area contributed by atoms with Gasteiger partial charge in [0.05, 0.1) is 10.8 Å². The molecule has 0 aliphatic carbocycles. The molecule has 2 unspecified atom stereocenters. The van der Waals surface area contributed by atoms with Crippen LogP contribution in [0.5, 0.6) is 0 Å². The molecule has 9 heteroatoms. The highest BCUT2D eigenvalue weighted by molar-refractivity contribution is 7.89. The number of benzene rings is 1. The minimum absolute atomic E-state index is 0.140. The fourth-order valence-corrected chi connectivity index (χ4v) is 5.17. The molecular weight excluding hydrogens is 336 g/mol. The van der Waals surface area contributed by atoms with Crippen molar-refractivity contribution in [3.05, 3.63) is 33.4 Å². The van der Waals surface area contributed by atoms with Crippen LogP contribution in [0.4, 0.5) is 5.69 Å². The largest absolute Gasteiger partial charge is 0.481 e. The van der Waals surface area contributed by atoms with E-state index in [-0.39, 0.29) is 35.0 Å². The number of hydrogen-bond donors (Lipinski definition) is 1. The number of aryl methyl sites for hydroxylation is 2. The Kier molecular flexibility index (Phi) is 4.95. The number of piperidine rings is 1. The average Bonchev–Trinajstić information content (AvgIpc) is 2.48. The van der Waals surface area contributed by atoms with E-state index < -0.39 is 32.5 Å². The van der Waals surface area contributed by atoms with Crippen LogP contribution in [0.2, 0.25) is 0 Å². The standard InChI is InChI=1S/C15H20N2O6S/c1-9-6-12(15(18)19)8-16(7-9)24(22,23)14-11(3)5-4-10(2)13(14)17(20)21/h4-5,9,12H,6-8H2,1-3H3,(H,18,19). The van der Waals surface area contributed by atoms with Crippen molar-refractivity contribution in [2.45, 2.75) is 32.1 Å². The fraction of sp³-hybridized carbons (Fsp3) is 0.533. The number of hydrogen-bond acceptors (Lipinski definition) is 5. The van der Waals surface area contributed by atoms with Crippen LogP contribution in [0.25, 0.3) is 0 Å². The maximum absolute atomic E-state index is 13.0. The average molecular weight is 356 g/mol. The highest BCUT2D eigenvalue weighted by Gasteiger charge is 2.40. The number of carbonyl (C=O) groups is 1. The van der Waals surface area contributed by atoms with Gasteiger partial charge >= 0.3 is 5.97 Å². The molecule has 0 saturated carbocycles. The first-order valence-electron chi connectivity index (χ1n) is 7.53. The van der Waals surface area contributed by atoms with Gasteiger partial charge in [0, 0.05) is 18.7 Å². The number of rotatable bonds is 4. The van der Waals surface area contributed by atoms with Gasteiger partial charge in [0.1, 0.15) is 0 Å². The van der Waals surface area contributed by atoms with Crippen LogP contribution in [-0.2, 0) is 14.8 Å². The van der Waals surface area contributed by atoms with Crippen LogP contribution < -0.4 is 0 Å². The van der Waals surface area contributed by atoms with Gasteiger partial charge in [0.2, 0.25) is 10.0 Å². The van der Waals surface area contributed by atoms with Crippen molar-refractivity contribution >= 4 is 21.7 Å². The van der Waals surface area contributed by atoms with Crippen molar-refractivity contribution in [3.63, 3.8) is 0 Å². The predicted octanol–water partition coefficient (Wildman–Crippen LogP) is 1.94. The Labute approximate surface area is 140 Å². The lowest BCUT2D eigenvalue weighted by Crippen LogP contribution is -2.45. The molecule has 1 N–H and O–H groups in total. The van der Waals surface area contributed by atoms with Crippen LogP contribution in [0.1, 0.15) is 24.5 Å². The summed E-state index contributed by atoms with van der Waals surface area (Å²) < 4.78 is 27.1. The Morgan fingerprint density at radius 2 is 1.88 bits per heavy atom. The van der Waals surface area contributed by atoms with Crippen molar-refractivity contribution in [1.82, 2.24) is 4.31 Å². The van der Waals surface area contributed by atoms with Gasteiger partial charge in [-0.2, -0.15) is 4.31 Å². The molecule has 1 aliphatic heterocycles. The lowest BCUT2D eigenvalue weighted by atomic mass is 9.92. The van der Waals surface area contributed by atoms with Crippen molar-refractivity contribution in [2.75, 3.05) is 13.1 Å². The molecule has 8 nitrogen and oxygen atoms in total. The van der Waals surface area contributed by atoms with E-state index >= 15 is 0 Å². The number of carboxylic acids is 1. The number of nitrogens with zero attached hydrogens (tertiary/aromatic N) is 2. The molecule has 1 saturated heterocycles. The van der Waals surface area contributed by atoms with Crippen LogP contribution in [0, 0.1) is 35.8 Å². The molecule has 1 aromatic rings. The first-order chi connectivity index (χ1) is 11.1. The summed E-state index contributed by atoms with van der Waals surface area (Å²) >= 11 is 0. The highest BCUT2D eigenvalue weighted by atomic mass is 32.2. The van der Waals surface area contributed by atoms with Crippen molar-refractivity contribution in [2.24, 2.45) is 11.8 Å². The summed E-state index contributed by atoms with van der Waals surface area (Å²) in [5.41, 5.74) is 0.0847. The first kappa shape index (κ1) is 18.3. The Balaban J connectivity index is 2.57. The molecule has 1 aromatic carbocycles. The summed E-state index contributed by atoms with van der Waals surface area (Å²) in [6.07, 6.45) is 0.385. The van der Waals surface area contributed by atoms with Crippen LogP contribution >= 0.6 is 0 Å². The number of aliphatic carboxylic acids is 1. The van der Waals surface area contributed by atoms with E-state index in [0.717, 1.165) is 4.31 Å². The van der Waals surface area contributed by atoms with E-state index in [4.69, 9.17) is 0 Å². The van der Waals surface area contributed by atoms with Crippen molar-refractivity contribution in [1.29, 1.82) is 0 Å². The van der Waals surface area contributed by atoms with E-state index in [1.54, 1.807) is 6.92 Å². The molecule has 2 rings (SSSR count). The number of sulfonamides is 1. The smallest absolute Gasteiger partial charge is 0.307 e. The normalized spacial score (nSPS) is 22.3. The van der Waals surface area contributed by atoms with E-state index in [1.807, 2.05) is 0 Å². The van der Waals surface area contributed by atoms with Crippen LogP contribution in [0.15, 0.2) is 17.0 Å². The first-order valence-corrected chi connectivity index (χ1v) is 8.97. The van der Waals surface area contributed by atoms with Crippen LogP contribution in [0.3, 0.4) is 0 Å². The third kappa shape index (κ3) is 3.27. The monoisotopic (exact) mass is 356 g/mol. The Hall–Kier alpha value is -2.00. The number of nitro benzene ring substituents is 1. The second-order valence-corrected chi connectivity index (χ2v) is 8.21. The summed E-state index contributed by atoms with van der Waals surface area (Å²) in [6, 6.07) is 3.03. The van der Waals surface area contributed by atoms with Gasteiger partial charge < -0.3 is 5.11 Å². The van der Waals surface area contributed by atoms with E-state index in [1.165, 1.54) is 26.0 Å². The third-order valence-electron chi connectivity index (χ3n) is 4.29. The second-order valence-electron chi connectivity index (χ2n) is 6.33. The maximum atomic E-state index is 13.0. The minimum Gasteiger partial charge on any atom is -0.481 e. The van der Waals surface area contributed by atoms with Gasteiger partial charge in [-0.15, -0.1) is 0 Å². The molecule has 0 radical (unpaired) electrons. The molecule has 132 valence electrons. The van der Waals surface area contributed by atoms with Gasteiger partial charge in [0.15, 0.2) is 4.90 Å². The minimum atomic E-state index is -4.16. The molecule has 2 atom stereocenters. The summed E-state index contributed by atoms with van der Waals surface area (Å²) in [6.45, 7) is 4.73. The Morgan fingerprint density at radius 3 is 2.42 bits per heavy atom. The second kappa shape index (κ2) is 6.48. The molecule has 0 amide bonds. The third-order valence-corrected chi connectivity index (χ3v) is 6.30. The van der Waals surface area contributed by atoms with Gasteiger partial charge in [-0.05, 0) is 31.7 Å². The van der Waals surface area contributed by atoms with Gasteiger partial charge in [-0.1, -0.05) is 19.1 Å². The highest BCUT2D eigenvalue weighted by Crippen LogP contribution is 2.35. The Morgan fingerprint density at radius 1 is 1.29 bits per heavy atom. The van der Waals surface area contributed by atoms with Gasteiger partial charge in [-0.25, -0.2) is 8.42 Å². The Bertz CT molecular complexity index is 789. The molecular formula is C15H20N2O6S. The molecule has 1 aliphatic rings. The number of nitro groups is 1. The van der Waals surface area contributed by atoms with E-state index in [2.05, 4.69) is 0 Å². The zero-order chi connectivity index (χ0) is 18.2. The fourth-order valence-electron chi connectivity index (χ4n) is 3.13. The van der Waals surface area contributed by atoms with Gasteiger partial charge in [-0.3, -0.25) is 14.9 Å². The molecule has 1 fully saturated rings. The van der Waals surface area contributed by atoms with Crippen molar-refractivity contribution in [3.8, 4) is 0 Å². The number of carboxylic acid groups (broad SMARTS) is 1. The van der Waals surface area contributed by atoms with Crippen LogP contribution in [-0.4, -0.2) is 41.8 Å². The lowest BCUT2D eigenvalue weighted by molar-refractivity contribution is -0.388. The molecule has 0 aromatic heterocycles. The van der Waals surface area contributed by atoms with E-state index in [0.29, 0.717) is 6.42 Å². The van der Waals surface area contributed by atoms with Gasteiger partial charge in [0.25, 0.3) is 5.69 Å². The summed E-state index contributed by atoms with van der Waals surface area (Å²) in [7, 11) is -4.16. The quantitative estimate of drug-likeness (QED) is 0.650. The topological polar surface area (TPSA) is 118 Å². The summed E-state index contributed by atoms with van der Waals surface area (Å²) in [5.74, 6) is -2.01. The lowest BCUT2D eigenvalue weighted by Gasteiger charge is -2.33. The van der Waals surface area contributed by atoms with E-state index in [9.17, 15) is 28.4 Å². The molecule has 0 spiro atoms.